The number of nitrogens with one attached hydrogen (secondary N) is 4. The molecule has 12 unspecified atom stereocenters. The lowest BCUT2D eigenvalue weighted by molar-refractivity contribution is -0.243. The molecule has 4 saturated carbocycles. The molecule has 21 heteroatoms. The second-order valence-corrected chi connectivity index (χ2v) is 23.9. The van der Waals surface area contributed by atoms with Gasteiger partial charge in [0, 0.05) is 59.3 Å². The Labute approximate surface area is 455 Å². The molecule has 0 bridgehead atoms. The summed E-state index contributed by atoms with van der Waals surface area (Å²) in [5.41, 5.74) is 0.359. The summed E-state index contributed by atoms with van der Waals surface area (Å²) in [6.45, 7) is 7.56. The van der Waals surface area contributed by atoms with Crippen LogP contribution in [0.2, 0.25) is 0 Å². The number of carboxylic acids is 1. The van der Waals surface area contributed by atoms with Gasteiger partial charge in [-0.25, -0.2) is 9.59 Å². The van der Waals surface area contributed by atoms with Crippen molar-refractivity contribution in [1.29, 1.82) is 0 Å². The summed E-state index contributed by atoms with van der Waals surface area (Å²) in [5, 5.41) is 56.8. The van der Waals surface area contributed by atoms with E-state index in [1.807, 2.05) is 13.0 Å². The number of thioether (sulfide) groups is 1. The van der Waals surface area contributed by atoms with Gasteiger partial charge in [-0.1, -0.05) is 50.6 Å². The standard InChI is InChI=1S/C56H80N6O14S/c1-34(13-16-48(67)68)59-50(35-9-5-4-6-10-35)52(70)62-42-33-77-43(51(42)61-53(62)71)11-7-8-12-45(64)57-21-23-73-25-26-74-24-22-58-46(65)31-75-32-47(66)60-38-17-19-54(2)37(28-38)14-15-40-41(54)29-44(63)55(3)39(18-20-56(40,55)72)36-27-49(69)76-30-36/h4-6,9-10,27,37-44,51,63,70,72H,7-8,11-26,28-33H2,1-3H3,(H,57,64)(H,58,65)(H,60,66)(H,61,71)(H,67,68)/b52-50-,59-34?. The third kappa shape index (κ3) is 13.2. The highest BCUT2D eigenvalue weighted by Crippen LogP contribution is 2.70. The number of aliphatic hydroxyl groups excluding tert-OH is 2. The van der Waals surface area contributed by atoms with Crippen LogP contribution in [-0.4, -0.2) is 167 Å². The number of urea groups is 1. The van der Waals surface area contributed by atoms with Gasteiger partial charge in [-0.3, -0.25) is 29.1 Å². The van der Waals surface area contributed by atoms with Crippen LogP contribution in [0.1, 0.15) is 116 Å². The molecular weight excluding hydrogens is 1010 g/mol. The van der Waals surface area contributed by atoms with E-state index >= 15 is 0 Å². The van der Waals surface area contributed by atoms with E-state index in [2.05, 4.69) is 33.2 Å². The van der Waals surface area contributed by atoms with Crippen molar-refractivity contribution in [3.05, 3.63) is 53.4 Å². The fraction of sp³-hybridized carbons (Fsp3) is 0.696. The second kappa shape index (κ2) is 25.8. The summed E-state index contributed by atoms with van der Waals surface area (Å²) < 4.78 is 21.8. The molecule has 0 radical (unpaired) electrons. The van der Waals surface area contributed by atoms with Crippen molar-refractivity contribution in [2.45, 2.75) is 146 Å². The van der Waals surface area contributed by atoms with Crippen molar-refractivity contribution < 1.29 is 68.1 Å². The van der Waals surface area contributed by atoms with Crippen molar-refractivity contribution in [3.8, 4) is 0 Å². The topological polar surface area (TPSA) is 284 Å². The summed E-state index contributed by atoms with van der Waals surface area (Å²) in [6.07, 6.45) is 9.72. The summed E-state index contributed by atoms with van der Waals surface area (Å²) >= 11 is 1.72. The SMILES string of the molecule is CC(CCC(=O)O)=N/C(=C(\O)N1C(=O)NC2C(CCCCC(=O)NCCOCCOCCNC(=O)COCC(=O)NC3CCC4(C)C(CCC5C4CC(O)C4(C)C(C6=CC(=O)OC6)CCC54O)C3)SCC21)c1ccccc1. The van der Waals surface area contributed by atoms with E-state index in [0.717, 1.165) is 56.9 Å². The van der Waals surface area contributed by atoms with Crippen molar-refractivity contribution in [3.63, 3.8) is 0 Å². The number of benzene rings is 1. The summed E-state index contributed by atoms with van der Waals surface area (Å²) in [4.78, 5) is 80.1. The number of esters is 1. The number of carboxylic acid groups (broad SMARTS) is 1. The van der Waals surface area contributed by atoms with Crippen LogP contribution in [0.4, 0.5) is 4.79 Å². The molecule has 7 aliphatic rings. The molecule has 1 aromatic rings. The molecule has 12 atom stereocenters. The van der Waals surface area contributed by atoms with Crippen LogP contribution in [0.15, 0.2) is 52.9 Å². The number of aliphatic imine (C=N–C) groups is 1. The number of hydrogen-bond acceptors (Lipinski definition) is 15. The lowest BCUT2D eigenvalue weighted by atomic mass is 9.42. The van der Waals surface area contributed by atoms with Gasteiger partial charge in [-0.15, -0.1) is 0 Å². The van der Waals surface area contributed by atoms with Crippen LogP contribution < -0.4 is 21.3 Å². The van der Waals surface area contributed by atoms with Crippen LogP contribution in [0.25, 0.3) is 5.70 Å². The van der Waals surface area contributed by atoms with Crippen LogP contribution in [0, 0.1) is 34.5 Å². The van der Waals surface area contributed by atoms with E-state index < -0.39 is 29.1 Å². The van der Waals surface area contributed by atoms with Gasteiger partial charge in [-0.05, 0) is 112 Å². The number of cyclic esters (lactones) is 1. The van der Waals surface area contributed by atoms with Crippen LogP contribution in [0.5, 0.6) is 0 Å². The number of ether oxygens (including phenoxy) is 4. The molecule has 2 saturated heterocycles. The molecule has 20 nitrogen and oxygen atoms in total. The molecule has 4 aliphatic carbocycles. The summed E-state index contributed by atoms with van der Waals surface area (Å²) in [6, 6.07) is 8.08. The van der Waals surface area contributed by atoms with Crippen LogP contribution >= 0.6 is 11.8 Å². The molecule has 1 aromatic carbocycles. The van der Waals surface area contributed by atoms with Gasteiger partial charge in [-0.2, -0.15) is 11.8 Å². The minimum absolute atomic E-state index is 0.0209. The molecule has 3 aliphatic heterocycles. The Morgan fingerprint density at radius 2 is 1.58 bits per heavy atom. The Morgan fingerprint density at radius 1 is 0.857 bits per heavy atom. The lowest BCUT2D eigenvalue weighted by Crippen LogP contribution is -2.67. The van der Waals surface area contributed by atoms with E-state index in [-0.39, 0.29) is 128 Å². The monoisotopic (exact) mass is 1090 g/mol. The van der Waals surface area contributed by atoms with Crippen molar-refractivity contribution in [2.24, 2.45) is 39.5 Å². The number of fused-ring (bicyclic) bond motifs is 6. The first-order valence-electron chi connectivity index (χ1n) is 27.7. The summed E-state index contributed by atoms with van der Waals surface area (Å²) in [5.74, 6) is -1.23. The molecule has 424 valence electrons. The van der Waals surface area contributed by atoms with E-state index in [0.29, 0.717) is 75.0 Å². The first kappa shape index (κ1) is 58.1. The Bertz CT molecular complexity index is 2410. The number of nitrogens with zero attached hydrogens (tertiary/aromatic N) is 2. The highest BCUT2D eigenvalue weighted by molar-refractivity contribution is 8.00. The lowest BCUT2D eigenvalue weighted by Gasteiger charge is -2.65. The fourth-order valence-corrected chi connectivity index (χ4v) is 15.7. The number of rotatable bonds is 26. The zero-order chi connectivity index (χ0) is 54.9. The molecule has 3 heterocycles. The van der Waals surface area contributed by atoms with Crippen LogP contribution in [0.3, 0.4) is 0 Å². The maximum atomic E-state index is 13.2. The molecule has 77 heavy (non-hydrogen) atoms. The largest absolute Gasteiger partial charge is 0.493 e. The molecule has 0 spiro atoms. The third-order valence-electron chi connectivity index (χ3n) is 18.2. The number of carbonyl (C=O) groups is 6. The normalized spacial score (nSPS) is 32.7. The average Bonchev–Trinajstić information content (AvgIpc) is 4.38. The minimum Gasteiger partial charge on any atom is -0.493 e. The van der Waals surface area contributed by atoms with Gasteiger partial charge in [0.05, 0.1) is 56.6 Å². The number of aliphatic hydroxyl groups is 3. The molecule has 8 rings (SSSR count). The molecule has 5 amide bonds. The van der Waals surface area contributed by atoms with Gasteiger partial charge in [0.2, 0.25) is 23.6 Å². The van der Waals surface area contributed by atoms with Crippen molar-refractivity contribution in [2.75, 3.05) is 65.1 Å². The maximum Gasteiger partial charge on any atom is 0.331 e. The zero-order valence-corrected chi connectivity index (χ0v) is 45.6. The highest BCUT2D eigenvalue weighted by Gasteiger charge is 2.71. The average molecular weight is 1090 g/mol. The van der Waals surface area contributed by atoms with E-state index in [1.165, 1.54) is 4.90 Å². The predicted octanol–water partition coefficient (Wildman–Crippen LogP) is 4.63. The number of carbonyl (C=O) groups excluding carboxylic acids is 5. The number of hydrogen-bond donors (Lipinski definition) is 8. The summed E-state index contributed by atoms with van der Waals surface area (Å²) in [7, 11) is 0. The van der Waals surface area contributed by atoms with E-state index in [4.69, 9.17) is 24.1 Å². The Kier molecular flexibility index (Phi) is 19.5. The predicted molar refractivity (Wildman–Crippen MR) is 286 cm³/mol. The van der Waals surface area contributed by atoms with Crippen LogP contribution in [-0.2, 0) is 42.9 Å². The van der Waals surface area contributed by atoms with Gasteiger partial charge in [0.15, 0.2) is 0 Å². The molecule has 8 N–H and O–H groups in total. The zero-order valence-electron chi connectivity index (χ0n) is 44.8. The molecular formula is C56H80N6O14S. The fourth-order valence-electron chi connectivity index (χ4n) is 14.1. The van der Waals surface area contributed by atoms with E-state index in [1.54, 1.807) is 49.0 Å². The second-order valence-electron chi connectivity index (χ2n) is 22.6. The Balaban J connectivity index is 0.630. The van der Waals surface area contributed by atoms with Crippen molar-refractivity contribution in [1.82, 2.24) is 26.2 Å². The van der Waals surface area contributed by atoms with Gasteiger partial charge < -0.3 is 60.6 Å². The Hall–Kier alpha value is -5.06. The quantitative estimate of drug-likeness (QED) is 0.0206. The third-order valence-corrected chi connectivity index (χ3v) is 19.7. The number of amides is 5. The molecule has 0 aromatic heterocycles. The van der Waals surface area contributed by atoms with Crippen molar-refractivity contribution >= 4 is 58.9 Å². The first-order chi connectivity index (χ1) is 36.9. The van der Waals surface area contributed by atoms with Gasteiger partial charge >= 0.3 is 18.0 Å². The number of unbranched alkanes of at least 4 members (excludes halogenated alkanes) is 1. The van der Waals surface area contributed by atoms with Gasteiger partial charge in [0.1, 0.15) is 25.5 Å². The smallest absolute Gasteiger partial charge is 0.331 e. The van der Waals surface area contributed by atoms with E-state index in [9.17, 15) is 44.1 Å². The Morgan fingerprint density at radius 3 is 2.30 bits per heavy atom. The maximum absolute atomic E-state index is 13.2. The molecule has 6 fully saturated rings. The van der Waals surface area contributed by atoms with Gasteiger partial charge in [0.25, 0.3) is 0 Å². The highest BCUT2D eigenvalue weighted by atomic mass is 32.2. The minimum atomic E-state index is -1.03. The number of aliphatic carboxylic acids is 1. The first-order valence-corrected chi connectivity index (χ1v) is 28.8.